The van der Waals surface area contributed by atoms with Gasteiger partial charge in [0.15, 0.2) is 0 Å². The molecule has 0 fully saturated rings. The Hall–Kier alpha value is -1.59. The molecule has 0 aromatic carbocycles. The second kappa shape index (κ2) is 3.52. The number of carbonyl (C=O) groups is 1. The number of nitrogens with zero attached hydrogens (tertiary/aromatic N) is 4. The highest BCUT2D eigenvalue weighted by Gasteiger charge is 2.24. The quantitative estimate of drug-likeness (QED) is 0.698. The monoisotopic (exact) mass is 209 g/mol. The maximum absolute atomic E-state index is 11.8. The molecule has 2 N–H and O–H groups in total. The van der Waals surface area contributed by atoms with Crippen LogP contribution in [0.3, 0.4) is 0 Å². The Bertz CT molecular complexity index is 384. The molecule has 2 heterocycles. The van der Waals surface area contributed by atoms with Gasteiger partial charge in [0.05, 0.1) is 13.1 Å². The van der Waals surface area contributed by atoms with E-state index in [9.17, 15) is 4.79 Å². The van der Waals surface area contributed by atoms with E-state index in [1.807, 2.05) is 13.8 Å². The molecule has 0 aliphatic carbocycles. The van der Waals surface area contributed by atoms with Crippen molar-refractivity contribution in [3.8, 4) is 0 Å². The van der Waals surface area contributed by atoms with Gasteiger partial charge >= 0.3 is 0 Å². The molecule has 1 aliphatic rings. The lowest BCUT2D eigenvalue weighted by Gasteiger charge is -2.28. The summed E-state index contributed by atoms with van der Waals surface area (Å²) in [7, 11) is 0. The first kappa shape index (κ1) is 9.95. The smallest absolute Gasteiger partial charge is 0.239 e. The van der Waals surface area contributed by atoms with Crippen LogP contribution in [0.25, 0.3) is 0 Å². The van der Waals surface area contributed by atoms with Crippen molar-refractivity contribution in [1.29, 1.82) is 0 Å². The minimum absolute atomic E-state index is 0.0248. The second-order valence-electron chi connectivity index (χ2n) is 4.02. The van der Waals surface area contributed by atoms with Crippen molar-refractivity contribution in [3.63, 3.8) is 0 Å². The molecule has 2 rings (SSSR count). The summed E-state index contributed by atoms with van der Waals surface area (Å²) in [6.07, 6.45) is 0. The van der Waals surface area contributed by atoms with Gasteiger partial charge in [0.1, 0.15) is 5.82 Å². The SMILES string of the molecule is CC(C)C(=O)N1CCn2nc(N)nc2C1. The molecular weight excluding hydrogens is 194 g/mol. The number of carbonyl (C=O) groups excluding carboxylic acids is 1. The minimum Gasteiger partial charge on any atom is -0.366 e. The molecule has 15 heavy (non-hydrogen) atoms. The Morgan fingerprint density at radius 1 is 1.47 bits per heavy atom. The summed E-state index contributed by atoms with van der Waals surface area (Å²) in [6, 6.07) is 0. The zero-order valence-corrected chi connectivity index (χ0v) is 8.97. The van der Waals surface area contributed by atoms with Crippen LogP contribution in [-0.4, -0.2) is 32.1 Å². The number of nitrogens with two attached hydrogens (primary N) is 1. The number of nitrogen functional groups attached to an aromatic ring is 1. The third-order valence-corrected chi connectivity index (χ3v) is 2.48. The first-order valence-electron chi connectivity index (χ1n) is 5.06. The molecule has 0 atom stereocenters. The Kier molecular flexibility index (Phi) is 2.34. The maximum Gasteiger partial charge on any atom is 0.239 e. The Morgan fingerprint density at radius 2 is 2.20 bits per heavy atom. The van der Waals surface area contributed by atoms with E-state index in [4.69, 9.17) is 5.73 Å². The average Bonchev–Trinajstić information content (AvgIpc) is 2.55. The van der Waals surface area contributed by atoms with Crippen molar-refractivity contribution in [2.45, 2.75) is 26.9 Å². The number of fused-ring (bicyclic) bond motifs is 1. The van der Waals surface area contributed by atoms with Crippen LogP contribution in [0.4, 0.5) is 5.95 Å². The van der Waals surface area contributed by atoms with Gasteiger partial charge in [-0.1, -0.05) is 13.8 Å². The van der Waals surface area contributed by atoms with Gasteiger partial charge in [-0.25, -0.2) is 4.68 Å². The third-order valence-electron chi connectivity index (χ3n) is 2.48. The van der Waals surface area contributed by atoms with Gasteiger partial charge in [0.2, 0.25) is 11.9 Å². The molecule has 0 bridgehead atoms. The molecule has 1 aliphatic heterocycles. The molecule has 1 aromatic rings. The molecular formula is C9H15N5O. The van der Waals surface area contributed by atoms with Crippen LogP contribution < -0.4 is 5.73 Å². The first-order valence-corrected chi connectivity index (χ1v) is 5.06. The predicted octanol–water partition coefficient (Wildman–Crippen LogP) is -0.141. The largest absolute Gasteiger partial charge is 0.366 e. The highest BCUT2D eigenvalue weighted by atomic mass is 16.2. The topological polar surface area (TPSA) is 77.0 Å². The standard InChI is InChI=1S/C9H15N5O/c1-6(2)8(15)13-3-4-14-7(5-13)11-9(10)12-14/h6H,3-5H2,1-2H3,(H2,10,12). The molecule has 6 heteroatoms. The summed E-state index contributed by atoms with van der Waals surface area (Å²) in [4.78, 5) is 17.6. The van der Waals surface area contributed by atoms with Gasteiger partial charge in [-0.3, -0.25) is 4.79 Å². The molecule has 0 radical (unpaired) electrons. The molecule has 0 saturated carbocycles. The number of hydrogen-bond donors (Lipinski definition) is 1. The van der Waals surface area contributed by atoms with Crippen molar-refractivity contribution in [3.05, 3.63) is 5.82 Å². The molecule has 1 amide bonds. The minimum atomic E-state index is 0.0248. The van der Waals surface area contributed by atoms with Gasteiger partial charge in [0.25, 0.3) is 0 Å². The van der Waals surface area contributed by atoms with Crippen LogP contribution in [0.5, 0.6) is 0 Å². The Balaban J connectivity index is 2.15. The van der Waals surface area contributed by atoms with E-state index in [0.717, 1.165) is 5.82 Å². The summed E-state index contributed by atoms with van der Waals surface area (Å²) < 4.78 is 1.76. The van der Waals surface area contributed by atoms with Crippen molar-refractivity contribution < 1.29 is 4.79 Å². The van der Waals surface area contributed by atoms with Gasteiger partial charge in [-0.15, -0.1) is 5.10 Å². The summed E-state index contributed by atoms with van der Waals surface area (Å²) in [6.45, 7) is 5.68. The normalized spacial score (nSPS) is 15.5. The van der Waals surface area contributed by atoms with E-state index in [1.165, 1.54) is 0 Å². The Morgan fingerprint density at radius 3 is 2.87 bits per heavy atom. The lowest BCUT2D eigenvalue weighted by molar-refractivity contribution is -0.136. The molecule has 0 spiro atoms. The van der Waals surface area contributed by atoms with E-state index in [1.54, 1.807) is 9.58 Å². The van der Waals surface area contributed by atoms with E-state index < -0.39 is 0 Å². The van der Waals surface area contributed by atoms with Crippen molar-refractivity contribution in [2.24, 2.45) is 5.92 Å². The fourth-order valence-electron chi connectivity index (χ4n) is 1.71. The van der Waals surface area contributed by atoms with Crippen molar-refractivity contribution >= 4 is 11.9 Å². The van der Waals surface area contributed by atoms with Gasteiger partial charge < -0.3 is 10.6 Å². The van der Waals surface area contributed by atoms with Crippen molar-refractivity contribution in [1.82, 2.24) is 19.7 Å². The number of anilines is 1. The highest BCUT2D eigenvalue weighted by molar-refractivity contribution is 5.78. The summed E-state index contributed by atoms with van der Waals surface area (Å²) in [5.41, 5.74) is 5.49. The fraction of sp³-hybridized carbons (Fsp3) is 0.667. The molecule has 6 nitrogen and oxygen atoms in total. The first-order chi connectivity index (χ1) is 7.08. The van der Waals surface area contributed by atoms with Crippen LogP contribution in [0.2, 0.25) is 0 Å². The van der Waals surface area contributed by atoms with Crippen LogP contribution in [-0.2, 0) is 17.9 Å². The number of rotatable bonds is 1. The summed E-state index contributed by atoms with van der Waals surface area (Å²) in [5.74, 6) is 1.23. The van der Waals surface area contributed by atoms with Crippen LogP contribution in [0.1, 0.15) is 19.7 Å². The zero-order chi connectivity index (χ0) is 11.0. The Labute approximate surface area is 88.1 Å². The van der Waals surface area contributed by atoms with Crippen LogP contribution >= 0.6 is 0 Å². The lowest BCUT2D eigenvalue weighted by Crippen LogP contribution is -2.40. The molecule has 0 saturated heterocycles. The van der Waals surface area contributed by atoms with Gasteiger partial charge in [-0.2, -0.15) is 4.98 Å². The average molecular weight is 209 g/mol. The number of amides is 1. The highest BCUT2D eigenvalue weighted by Crippen LogP contribution is 2.13. The number of hydrogen-bond acceptors (Lipinski definition) is 4. The van der Waals surface area contributed by atoms with Crippen LogP contribution in [0, 0.1) is 5.92 Å². The summed E-state index contributed by atoms with van der Waals surface area (Å²) in [5, 5.41) is 4.04. The van der Waals surface area contributed by atoms with Gasteiger partial charge in [-0.05, 0) is 0 Å². The van der Waals surface area contributed by atoms with E-state index in [2.05, 4.69) is 10.1 Å². The van der Waals surface area contributed by atoms with Crippen molar-refractivity contribution in [2.75, 3.05) is 12.3 Å². The maximum atomic E-state index is 11.8. The third kappa shape index (κ3) is 1.79. The van der Waals surface area contributed by atoms with Crippen LogP contribution in [0.15, 0.2) is 0 Å². The molecule has 1 aromatic heterocycles. The zero-order valence-electron chi connectivity index (χ0n) is 8.97. The van der Waals surface area contributed by atoms with E-state index in [0.29, 0.717) is 19.6 Å². The lowest BCUT2D eigenvalue weighted by atomic mass is 10.2. The molecule has 82 valence electrons. The van der Waals surface area contributed by atoms with E-state index >= 15 is 0 Å². The number of aromatic nitrogens is 3. The molecule has 0 unspecified atom stereocenters. The fourth-order valence-corrected chi connectivity index (χ4v) is 1.71. The second-order valence-corrected chi connectivity index (χ2v) is 4.02. The predicted molar refractivity (Wildman–Crippen MR) is 54.7 cm³/mol. The van der Waals surface area contributed by atoms with Gasteiger partial charge in [0, 0.05) is 12.5 Å². The summed E-state index contributed by atoms with van der Waals surface area (Å²) >= 11 is 0. The van der Waals surface area contributed by atoms with E-state index in [-0.39, 0.29) is 17.8 Å².